The Morgan fingerprint density at radius 1 is 1.22 bits per heavy atom. The number of ether oxygens (including phenoxy) is 1. The summed E-state index contributed by atoms with van der Waals surface area (Å²) < 4.78 is 4.79. The number of nitrogens with two attached hydrogens (primary N) is 1. The molecule has 2 fully saturated rings. The topological polar surface area (TPSA) is 189 Å². The summed E-state index contributed by atoms with van der Waals surface area (Å²) in [4.78, 5) is 25.3. The maximum absolute atomic E-state index is 13.5. The van der Waals surface area contributed by atoms with Crippen LogP contribution < -0.4 is 27.0 Å². The molecular weight excluding hydrogens is 472 g/mol. The number of rotatable bonds is 13. The van der Waals surface area contributed by atoms with Gasteiger partial charge in [-0.3, -0.25) is 15.0 Å². The molecular formula is C26H38N8O3. The van der Waals surface area contributed by atoms with Crippen molar-refractivity contribution in [3.05, 3.63) is 46.6 Å². The van der Waals surface area contributed by atoms with Crippen LogP contribution in [0.4, 0.5) is 0 Å². The molecule has 3 unspecified atom stereocenters. The van der Waals surface area contributed by atoms with Gasteiger partial charge in [0.1, 0.15) is 6.04 Å². The van der Waals surface area contributed by atoms with E-state index in [0.717, 1.165) is 36.9 Å². The van der Waals surface area contributed by atoms with Gasteiger partial charge in [-0.25, -0.2) is 0 Å². The van der Waals surface area contributed by atoms with Gasteiger partial charge < -0.3 is 42.6 Å². The zero-order chi connectivity index (χ0) is 27.3. The quantitative estimate of drug-likeness (QED) is 0.105. The molecule has 3 aliphatic rings. The molecule has 9 N–H and O–H groups in total. The van der Waals surface area contributed by atoms with E-state index in [2.05, 4.69) is 21.3 Å². The number of hydrogen-bond donors (Lipinski definition) is 8. The summed E-state index contributed by atoms with van der Waals surface area (Å²) in [5.74, 6) is -0.152. The highest BCUT2D eigenvalue weighted by Crippen LogP contribution is 2.57. The third-order valence-corrected chi connectivity index (χ3v) is 6.78. The van der Waals surface area contributed by atoms with E-state index in [1.54, 1.807) is 13.0 Å². The minimum absolute atomic E-state index is 0.126. The lowest BCUT2D eigenvalue weighted by molar-refractivity contribution is -0.124. The van der Waals surface area contributed by atoms with Gasteiger partial charge in [0.05, 0.1) is 30.2 Å². The summed E-state index contributed by atoms with van der Waals surface area (Å²) in [6, 6.07) is -0.906. The van der Waals surface area contributed by atoms with Crippen LogP contribution in [0.15, 0.2) is 46.6 Å². The van der Waals surface area contributed by atoms with Gasteiger partial charge in [-0.15, -0.1) is 0 Å². The van der Waals surface area contributed by atoms with E-state index in [0.29, 0.717) is 11.8 Å². The number of amides is 2. The van der Waals surface area contributed by atoms with Crippen LogP contribution in [0.3, 0.4) is 0 Å². The summed E-state index contributed by atoms with van der Waals surface area (Å²) in [6.45, 7) is 5.73. The van der Waals surface area contributed by atoms with E-state index in [-0.39, 0.29) is 35.0 Å². The molecule has 0 saturated heterocycles. The average Bonchev–Trinajstić information content (AvgIpc) is 3.77. The summed E-state index contributed by atoms with van der Waals surface area (Å²) in [5.41, 5.74) is 8.79. The summed E-state index contributed by atoms with van der Waals surface area (Å²) in [5, 5.41) is 35.6. The molecule has 200 valence electrons. The molecule has 2 aliphatic carbocycles. The minimum atomic E-state index is -0.710. The molecule has 1 aliphatic heterocycles. The molecule has 0 bridgehead atoms. The highest BCUT2D eigenvalue weighted by molar-refractivity contribution is 6.00. The number of carbonyl (C=O) groups excluding carboxylic acids is 2. The van der Waals surface area contributed by atoms with Crippen molar-refractivity contribution in [1.29, 1.82) is 16.2 Å². The van der Waals surface area contributed by atoms with Crippen molar-refractivity contribution < 1.29 is 14.3 Å². The van der Waals surface area contributed by atoms with Gasteiger partial charge in [-0.05, 0) is 69.4 Å². The van der Waals surface area contributed by atoms with E-state index < -0.39 is 18.0 Å². The molecule has 1 heterocycles. The first-order valence-corrected chi connectivity index (χ1v) is 12.5. The number of nitrogens with one attached hydrogen (secondary N) is 7. The molecule has 0 aromatic carbocycles. The van der Waals surface area contributed by atoms with Crippen LogP contribution in [-0.2, 0) is 14.3 Å². The first-order chi connectivity index (χ1) is 17.6. The van der Waals surface area contributed by atoms with Gasteiger partial charge in [0.25, 0.3) is 0 Å². The molecule has 37 heavy (non-hydrogen) atoms. The van der Waals surface area contributed by atoms with Crippen molar-refractivity contribution in [2.45, 2.75) is 58.2 Å². The number of methoxy groups -OCH3 is 1. The predicted molar refractivity (Wildman–Crippen MR) is 143 cm³/mol. The molecule has 0 radical (unpaired) electrons. The van der Waals surface area contributed by atoms with Crippen LogP contribution in [-0.4, -0.2) is 55.4 Å². The zero-order valence-corrected chi connectivity index (χ0v) is 21.8. The van der Waals surface area contributed by atoms with Crippen molar-refractivity contribution in [1.82, 2.24) is 21.3 Å². The molecule has 11 heteroatoms. The standard InChI is InChI=1S/C26H38N8O3/c1-13(2)32-20(7-8-27)23-19-9-18(19)22(15-5-6-15)24(34-23)26(36)33-16(11-28)12-31-14(3)17(25(30)35)10-21(29)37-4/h7-8,10-15,18,22,24,27-29,31-32,34H,5-6,9H2,1-4H3,(H2,30,35)(H,33,36)/b16-12+,17-10-,20-7-,27-8?,28-11?,29-21?/t14?,18?,22?,24-/m0/s1. The van der Waals surface area contributed by atoms with Crippen LogP contribution in [0.1, 0.15) is 40.0 Å². The number of allylic oxidation sites excluding steroid dienone is 3. The Hall–Kier alpha value is -3.89. The highest BCUT2D eigenvalue weighted by atomic mass is 16.5. The van der Waals surface area contributed by atoms with Crippen molar-refractivity contribution in [2.24, 2.45) is 23.5 Å². The van der Waals surface area contributed by atoms with Crippen molar-refractivity contribution in [3.8, 4) is 0 Å². The molecule has 0 aromatic rings. The first-order valence-electron chi connectivity index (χ1n) is 12.5. The maximum Gasteiger partial charge on any atom is 0.247 e. The zero-order valence-electron chi connectivity index (χ0n) is 21.8. The molecule has 11 nitrogen and oxygen atoms in total. The Morgan fingerprint density at radius 2 is 1.92 bits per heavy atom. The van der Waals surface area contributed by atoms with Crippen molar-refractivity contribution >= 4 is 30.1 Å². The van der Waals surface area contributed by atoms with Crippen LogP contribution in [0.2, 0.25) is 0 Å². The number of fused-ring (bicyclic) bond motifs is 1. The Labute approximate surface area is 217 Å². The van der Waals surface area contributed by atoms with E-state index >= 15 is 0 Å². The van der Waals surface area contributed by atoms with E-state index in [1.807, 2.05) is 13.8 Å². The fraction of sp³-hybridized carbons (Fsp3) is 0.500. The average molecular weight is 511 g/mol. The van der Waals surface area contributed by atoms with Crippen molar-refractivity contribution in [2.75, 3.05) is 7.11 Å². The number of primary amides is 1. The molecule has 2 saturated carbocycles. The smallest absolute Gasteiger partial charge is 0.247 e. The van der Waals surface area contributed by atoms with E-state index in [9.17, 15) is 9.59 Å². The molecule has 3 rings (SSSR count). The number of carbonyl (C=O) groups is 2. The van der Waals surface area contributed by atoms with Crippen LogP contribution in [0.5, 0.6) is 0 Å². The Bertz CT molecular complexity index is 1080. The van der Waals surface area contributed by atoms with Crippen molar-refractivity contribution in [3.63, 3.8) is 0 Å². The predicted octanol–water partition coefficient (Wildman–Crippen LogP) is 1.41. The SMILES string of the molecule is COC(=N)/C=C(\C(N)=O)C(C)N/C=C(\C=N)NC(=O)[C@H]1NC(/C(=C/C=N)NC(C)C)=C2CC2C1C1CC1. The van der Waals surface area contributed by atoms with Gasteiger partial charge in [-0.1, -0.05) is 0 Å². The molecule has 0 aromatic heterocycles. The van der Waals surface area contributed by atoms with Crippen LogP contribution in [0, 0.1) is 34.0 Å². The molecule has 2 amide bonds. The maximum atomic E-state index is 13.5. The summed E-state index contributed by atoms with van der Waals surface area (Å²) >= 11 is 0. The normalized spacial score (nSPS) is 24.4. The second kappa shape index (κ2) is 11.9. The van der Waals surface area contributed by atoms with Gasteiger partial charge in [-0.2, -0.15) is 0 Å². The highest BCUT2D eigenvalue weighted by Gasteiger charge is 2.55. The lowest BCUT2D eigenvalue weighted by atomic mass is 9.85. The number of hydrogen-bond acceptors (Lipinski definition) is 9. The third-order valence-electron chi connectivity index (χ3n) is 6.78. The summed E-state index contributed by atoms with van der Waals surface area (Å²) in [7, 11) is 1.32. The Kier molecular flexibility index (Phi) is 8.90. The largest absolute Gasteiger partial charge is 0.481 e. The second-order valence-electron chi connectivity index (χ2n) is 9.95. The minimum Gasteiger partial charge on any atom is -0.481 e. The van der Waals surface area contributed by atoms with Crippen LogP contribution in [0.25, 0.3) is 0 Å². The second-order valence-corrected chi connectivity index (χ2v) is 9.95. The third kappa shape index (κ3) is 6.87. The van der Waals surface area contributed by atoms with E-state index in [4.69, 9.17) is 26.7 Å². The monoisotopic (exact) mass is 510 g/mol. The Morgan fingerprint density at radius 3 is 2.46 bits per heavy atom. The fourth-order valence-electron chi connectivity index (χ4n) is 4.83. The van der Waals surface area contributed by atoms with Gasteiger partial charge >= 0.3 is 0 Å². The lowest BCUT2D eigenvalue weighted by Gasteiger charge is -2.33. The first kappa shape index (κ1) is 27.7. The van der Waals surface area contributed by atoms with Gasteiger partial charge in [0.2, 0.25) is 17.7 Å². The van der Waals surface area contributed by atoms with Gasteiger partial charge in [0.15, 0.2) is 0 Å². The van der Waals surface area contributed by atoms with Crippen LogP contribution >= 0.6 is 0 Å². The van der Waals surface area contributed by atoms with E-state index in [1.165, 1.54) is 31.2 Å². The molecule has 0 spiro atoms. The fourth-order valence-corrected chi connectivity index (χ4v) is 4.83. The molecule has 4 atom stereocenters. The lowest BCUT2D eigenvalue weighted by Crippen LogP contribution is -2.52. The Balaban J connectivity index is 1.77. The van der Waals surface area contributed by atoms with Gasteiger partial charge in [0, 0.05) is 36.3 Å². The summed E-state index contributed by atoms with van der Waals surface area (Å²) in [6.07, 6.45) is 9.79.